The zero-order valence-corrected chi connectivity index (χ0v) is 15.0. The summed E-state index contributed by atoms with van der Waals surface area (Å²) in [6.07, 6.45) is -11.6. The summed E-state index contributed by atoms with van der Waals surface area (Å²) in [4.78, 5) is 21.6. The van der Waals surface area contributed by atoms with E-state index in [4.69, 9.17) is 4.74 Å². The number of carbonyl (C=O) groups excluding carboxylic acids is 1. The number of ether oxygens (including phenoxy) is 2. The molecule has 14 heteroatoms. The normalized spacial score (nSPS) is 12.4. The van der Waals surface area contributed by atoms with Gasteiger partial charge in [-0.1, -0.05) is 0 Å². The summed E-state index contributed by atoms with van der Waals surface area (Å²) in [5.74, 6) is -8.56. The Labute approximate surface area is 167 Å². The number of hydrogen-bond donors (Lipinski definition) is 0. The predicted molar refractivity (Wildman–Crippen MR) is 85.9 cm³/mol. The molecule has 0 radical (unpaired) electrons. The highest BCUT2D eigenvalue weighted by molar-refractivity contribution is 5.94. The van der Waals surface area contributed by atoms with Crippen molar-refractivity contribution in [2.45, 2.75) is 18.3 Å². The van der Waals surface area contributed by atoms with Crippen molar-refractivity contribution >= 4 is 11.7 Å². The van der Waals surface area contributed by atoms with Crippen LogP contribution in [-0.2, 0) is 16.8 Å². The van der Waals surface area contributed by atoms with E-state index < -0.39 is 69.1 Å². The Hall–Kier alpha value is -3.45. The molecule has 0 spiro atoms. The van der Waals surface area contributed by atoms with Crippen LogP contribution in [0.5, 0.6) is 11.5 Å². The topological polar surface area (TPSA) is 78.7 Å². The van der Waals surface area contributed by atoms with Crippen LogP contribution in [0.3, 0.4) is 0 Å². The zero-order chi connectivity index (χ0) is 23.8. The quantitative estimate of drug-likeness (QED) is 0.243. The monoisotopic (exact) mass is 459 g/mol. The Bertz CT molecular complexity index is 1020. The molecule has 0 amide bonds. The molecule has 0 unspecified atom stereocenters. The lowest BCUT2D eigenvalue weighted by molar-refractivity contribution is -0.385. The Balaban J connectivity index is 2.57. The van der Waals surface area contributed by atoms with E-state index in [0.717, 1.165) is 13.2 Å². The third-order valence-electron chi connectivity index (χ3n) is 3.80. The number of benzene rings is 2. The van der Waals surface area contributed by atoms with Gasteiger partial charge in [0.25, 0.3) is 5.69 Å². The largest absolute Gasteiger partial charge is 0.465 e. The Morgan fingerprint density at radius 3 is 2.06 bits per heavy atom. The highest BCUT2D eigenvalue weighted by Gasteiger charge is 2.59. The number of halogens is 8. The number of alkyl halides is 8. The van der Waals surface area contributed by atoms with Gasteiger partial charge in [0.05, 0.1) is 17.6 Å². The van der Waals surface area contributed by atoms with Crippen LogP contribution >= 0.6 is 0 Å². The molecule has 0 saturated heterocycles. The van der Waals surface area contributed by atoms with Gasteiger partial charge in [-0.25, -0.2) is 4.79 Å². The predicted octanol–water partition coefficient (Wildman–Crippen LogP) is 5.85. The fourth-order valence-electron chi connectivity index (χ4n) is 2.34. The summed E-state index contributed by atoms with van der Waals surface area (Å²) in [5, 5.41) is 11.0. The van der Waals surface area contributed by atoms with Gasteiger partial charge in [-0.2, -0.15) is 35.1 Å². The molecule has 0 aliphatic rings. The Morgan fingerprint density at radius 2 is 1.58 bits per heavy atom. The summed E-state index contributed by atoms with van der Waals surface area (Å²) in [5.41, 5.74) is -5.40. The van der Waals surface area contributed by atoms with Crippen LogP contribution in [0.15, 0.2) is 36.4 Å². The number of nitro groups is 1. The molecule has 0 bridgehead atoms. The second kappa shape index (κ2) is 8.00. The molecule has 0 aromatic heterocycles. The van der Waals surface area contributed by atoms with E-state index in [0.29, 0.717) is 12.1 Å². The number of nitro benzene ring substituents is 1. The Kier molecular flexibility index (Phi) is 6.15. The summed E-state index contributed by atoms with van der Waals surface area (Å²) < 4.78 is 113. The molecule has 0 saturated carbocycles. The zero-order valence-electron chi connectivity index (χ0n) is 15.0. The van der Waals surface area contributed by atoms with Crippen LogP contribution in [0.2, 0.25) is 0 Å². The summed E-state index contributed by atoms with van der Waals surface area (Å²) in [6.45, 7) is 0. The van der Waals surface area contributed by atoms with E-state index in [1.165, 1.54) is 0 Å². The van der Waals surface area contributed by atoms with Crippen molar-refractivity contribution < 1.29 is 54.3 Å². The first-order chi connectivity index (χ1) is 14.1. The second-order valence-electron chi connectivity index (χ2n) is 5.81. The number of nitrogens with zero attached hydrogens (tertiary/aromatic N) is 1. The van der Waals surface area contributed by atoms with Gasteiger partial charge < -0.3 is 9.47 Å². The van der Waals surface area contributed by atoms with Crippen LogP contribution in [0.4, 0.5) is 40.8 Å². The molecule has 0 atom stereocenters. The molecular weight excluding hydrogens is 450 g/mol. The third kappa shape index (κ3) is 4.83. The molecule has 2 rings (SSSR count). The van der Waals surface area contributed by atoms with Crippen molar-refractivity contribution in [1.29, 1.82) is 0 Å². The highest BCUT2D eigenvalue weighted by atomic mass is 19.4. The molecule has 0 aliphatic heterocycles. The maximum Gasteiger partial charge on any atom is 0.458 e. The maximum absolute atomic E-state index is 13.4. The molecule has 2 aromatic carbocycles. The van der Waals surface area contributed by atoms with Gasteiger partial charge in [0, 0.05) is 17.7 Å². The summed E-state index contributed by atoms with van der Waals surface area (Å²) in [7, 11) is 0.876. The van der Waals surface area contributed by atoms with Gasteiger partial charge in [-0.3, -0.25) is 10.1 Å². The first-order valence-corrected chi connectivity index (χ1v) is 7.80. The lowest BCUT2D eigenvalue weighted by Gasteiger charge is -2.22. The van der Waals surface area contributed by atoms with E-state index in [1.807, 2.05) is 0 Å². The minimum Gasteiger partial charge on any atom is -0.465 e. The summed E-state index contributed by atoms with van der Waals surface area (Å²) >= 11 is 0. The molecule has 31 heavy (non-hydrogen) atoms. The van der Waals surface area contributed by atoms with Crippen LogP contribution < -0.4 is 4.74 Å². The molecule has 6 nitrogen and oxygen atoms in total. The van der Waals surface area contributed by atoms with Crippen molar-refractivity contribution in [2.24, 2.45) is 0 Å². The molecule has 2 aromatic rings. The maximum atomic E-state index is 13.4. The van der Waals surface area contributed by atoms with Gasteiger partial charge in [0.2, 0.25) is 0 Å². The second-order valence-corrected chi connectivity index (χ2v) is 5.81. The van der Waals surface area contributed by atoms with Crippen LogP contribution in [0.1, 0.15) is 21.5 Å². The first kappa shape index (κ1) is 23.8. The number of rotatable bonds is 5. The van der Waals surface area contributed by atoms with Crippen LogP contribution in [0.25, 0.3) is 0 Å². The minimum atomic E-state index is -6.15. The van der Waals surface area contributed by atoms with Crippen LogP contribution in [0, 0.1) is 10.1 Å². The molecule has 168 valence electrons. The highest BCUT2D eigenvalue weighted by Crippen LogP contribution is 2.47. The SMILES string of the molecule is COC(=O)c1cc(Oc2ccc(C(F)(F)C(F)(F)F)cc2C(F)(F)F)ccc1[N+](=O)[O-]. The van der Waals surface area contributed by atoms with Gasteiger partial charge >= 0.3 is 24.2 Å². The lowest BCUT2D eigenvalue weighted by Crippen LogP contribution is -2.33. The molecule has 0 N–H and O–H groups in total. The molecule has 0 heterocycles. The Morgan fingerprint density at radius 1 is 0.968 bits per heavy atom. The first-order valence-electron chi connectivity index (χ1n) is 7.80. The smallest absolute Gasteiger partial charge is 0.458 e. The molecular formula is C17H9F8NO5. The molecule has 0 aliphatic carbocycles. The number of esters is 1. The van der Waals surface area contributed by atoms with E-state index in [2.05, 4.69) is 4.74 Å². The van der Waals surface area contributed by atoms with Gasteiger partial charge in [0.15, 0.2) is 0 Å². The van der Waals surface area contributed by atoms with Gasteiger partial charge in [-0.15, -0.1) is 0 Å². The van der Waals surface area contributed by atoms with Crippen molar-refractivity contribution in [3.05, 3.63) is 63.2 Å². The molecule has 0 fully saturated rings. The fraction of sp³-hybridized carbons (Fsp3) is 0.235. The average molecular weight is 459 g/mol. The van der Waals surface area contributed by atoms with Crippen molar-refractivity contribution in [1.82, 2.24) is 0 Å². The summed E-state index contributed by atoms with van der Waals surface area (Å²) in [6, 6.07) is 2.06. The number of methoxy groups -OCH3 is 1. The van der Waals surface area contributed by atoms with E-state index in [1.54, 1.807) is 0 Å². The average Bonchev–Trinajstić information content (AvgIpc) is 2.65. The van der Waals surface area contributed by atoms with Crippen molar-refractivity contribution in [2.75, 3.05) is 7.11 Å². The minimum absolute atomic E-state index is 0.0880. The lowest BCUT2D eigenvalue weighted by atomic mass is 10.0. The number of hydrogen-bond acceptors (Lipinski definition) is 5. The fourth-order valence-corrected chi connectivity index (χ4v) is 2.34. The number of carbonyl (C=O) groups is 1. The van der Waals surface area contributed by atoms with Gasteiger partial charge in [-0.05, 0) is 24.3 Å². The van der Waals surface area contributed by atoms with E-state index >= 15 is 0 Å². The van der Waals surface area contributed by atoms with Gasteiger partial charge in [0.1, 0.15) is 17.1 Å². The van der Waals surface area contributed by atoms with Crippen LogP contribution in [-0.4, -0.2) is 24.2 Å². The standard InChI is InChI=1S/C17H9F8NO5/c1-30-14(27)10-7-9(3-4-12(10)26(28)29)31-13-5-2-8(6-11(13)16(20,21)22)15(18,19)17(23,24)25/h2-7H,1H3. The van der Waals surface area contributed by atoms with Crippen molar-refractivity contribution in [3.8, 4) is 11.5 Å². The van der Waals surface area contributed by atoms with E-state index in [-0.39, 0.29) is 12.1 Å². The van der Waals surface area contributed by atoms with Crippen molar-refractivity contribution in [3.63, 3.8) is 0 Å². The third-order valence-corrected chi connectivity index (χ3v) is 3.80. The van der Waals surface area contributed by atoms with E-state index in [9.17, 15) is 50.0 Å².